The molecule has 0 unspecified atom stereocenters. The van der Waals surface area contributed by atoms with Crippen LogP contribution in [0.3, 0.4) is 0 Å². The Morgan fingerprint density at radius 1 is 0.473 bits per heavy atom. The van der Waals surface area contributed by atoms with Crippen LogP contribution in [0.15, 0.2) is 101 Å². The normalized spacial score (nSPS) is 11.3. The van der Waals surface area contributed by atoms with E-state index in [1.165, 1.54) is 30.3 Å². The zero-order chi connectivity index (χ0) is 40.3. The van der Waals surface area contributed by atoms with Crippen molar-refractivity contribution in [3.05, 3.63) is 162 Å². The van der Waals surface area contributed by atoms with Crippen LogP contribution >= 0.6 is 34.8 Å². The standard InChI is InChI=1S/C19H10Cl2F5NO.C19H11ClF5NO/c20-14-7-13(12-5-11(23)6-15(24)17(12)21)18(9-1-3-10(22)4-2-9)27(19(14)28)8-16(25)26;20-18-14(7-12(22)8-15(18)23)13-5-6-17(27)26(9-16(24)25)19(13)10-1-3-11(21)4-2-10/h1-7,16H,8H2;1-8,16H,9H2. The SMILES string of the molecule is O=c1c(Cl)cc(-c2cc(F)cc(F)c2Cl)c(-c2ccc(F)cc2)n1CC(F)F.O=c1ccc(-c2cc(F)cc(F)c2Cl)c(-c2ccc(F)cc2)n1CC(F)F. The second-order valence-corrected chi connectivity index (χ2v) is 12.7. The van der Waals surface area contributed by atoms with Gasteiger partial charge in [0, 0.05) is 40.5 Å². The van der Waals surface area contributed by atoms with Gasteiger partial charge in [-0.3, -0.25) is 9.59 Å². The molecule has 6 rings (SSSR count). The Hall–Kier alpha value is -5.05. The number of benzene rings is 4. The van der Waals surface area contributed by atoms with Crippen LogP contribution < -0.4 is 11.1 Å². The predicted molar refractivity (Wildman–Crippen MR) is 190 cm³/mol. The predicted octanol–water partition coefficient (Wildman–Crippen LogP) is 11.7. The summed E-state index contributed by atoms with van der Waals surface area (Å²) in [5.74, 6) is -5.19. The summed E-state index contributed by atoms with van der Waals surface area (Å²) in [4.78, 5) is 24.6. The van der Waals surface area contributed by atoms with Gasteiger partial charge in [0.2, 0.25) is 0 Å². The number of rotatable bonds is 8. The molecule has 0 aliphatic heterocycles. The topological polar surface area (TPSA) is 44.0 Å². The Kier molecular flexibility index (Phi) is 12.8. The number of hydrogen-bond acceptors (Lipinski definition) is 2. The van der Waals surface area contributed by atoms with Crippen molar-refractivity contribution in [3.8, 4) is 44.8 Å². The fourth-order valence-electron chi connectivity index (χ4n) is 5.61. The summed E-state index contributed by atoms with van der Waals surface area (Å²) >= 11 is 17.8. The lowest BCUT2D eigenvalue weighted by molar-refractivity contribution is 0.125. The van der Waals surface area contributed by atoms with Gasteiger partial charge in [-0.25, -0.2) is 43.9 Å². The zero-order valence-corrected chi connectivity index (χ0v) is 29.6. The molecule has 0 spiro atoms. The molecular formula is C38H21Cl3F10N2O2. The number of nitrogens with zero attached hydrogens (tertiary/aromatic N) is 2. The molecule has 0 saturated heterocycles. The van der Waals surface area contributed by atoms with Crippen LogP contribution in [0.2, 0.25) is 15.1 Å². The lowest BCUT2D eigenvalue weighted by Gasteiger charge is -2.19. The molecule has 17 heteroatoms. The van der Waals surface area contributed by atoms with Crippen LogP contribution in [0.4, 0.5) is 43.9 Å². The highest BCUT2D eigenvalue weighted by Crippen LogP contribution is 2.39. The summed E-state index contributed by atoms with van der Waals surface area (Å²) in [5.41, 5.74) is -1.77. The molecule has 55 heavy (non-hydrogen) atoms. The fraction of sp³-hybridized carbons (Fsp3) is 0.105. The molecule has 286 valence electrons. The third-order valence-corrected chi connectivity index (χ3v) is 8.91. The number of aromatic nitrogens is 2. The summed E-state index contributed by atoms with van der Waals surface area (Å²) in [5, 5.41) is -1.35. The Balaban J connectivity index is 0.000000211. The van der Waals surface area contributed by atoms with Gasteiger partial charge in [0.25, 0.3) is 24.0 Å². The van der Waals surface area contributed by atoms with E-state index in [0.29, 0.717) is 16.7 Å². The maximum atomic E-state index is 14.0. The summed E-state index contributed by atoms with van der Waals surface area (Å²) in [6.45, 7) is -1.98. The maximum absolute atomic E-state index is 14.0. The van der Waals surface area contributed by atoms with E-state index in [-0.39, 0.29) is 44.8 Å². The quantitative estimate of drug-likeness (QED) is 0.113. The lowest BCUT2D eigenvalue weighted by atomic mass is 9.98. The highest BCUT2D eigenvalue weighted by Gasteiger charge is 2.24. The lowest BCUT2D eigenvalue weighted by Crippen LogP contribution is -2.26. The van der Waals surface area contributed by atoms with Crippen molar-refractivity contribution in [2.24, 2.45) is 0 Å². The van der Waals surface area contributed by atoms with E-state index in [1.54, 1.807) is 0 Å². The number of pyridine rings is 2. The summed E-state index contributed by atoms with van der Waals surface area (Å²) < 4.78 is 136. The van der Waals surface area contributed by atoms with Crippen molar-refractivity contribution in [1.29, 1.82) is 0 Å². The molecule has 0 aliphatic carbocycles. The largest absolute Gasteiger partial charge is 0.302 e. The summed E-state index contributed by atoms with van der Waals surface area (Å²) in [6, 6.07) is 15.6. The molecule has 4 nitrogen and oxygen atoms in total. The van der Waals surface area contributed by atoms with Crippen molar-refractivity contribution in [1.82, 2.24) is 9.13 Å². The molecular weight excluding hydrogens is 813 g/mol. The molecule has 2 aromatic heterocycles. The molecule has 4 aromatic carbocycles. The van der Waals surface area contributed by atoms with Crippen molar-refractivity contribution < 1.29 is 43.9 Å². The van der Waals surface area contributed by atoms with Crippen LogP contribution in [-0.4, -0.2) is 22.0 Å². The minimum atomic E-state index is -2.93. The Bertz CT molecular complexity index is 2490. The third kappa shape index (κ3) is 9.26. The molecule has 0 aliphatic rings. The van der Waals surface area contributed by atoms with Crippen LogP contribution in [0.5, 0.6) is 0 Å². The van der Waals surface area contributed by atoms with E-state index in [2.05, 4.69) is 0 Å². The fourth-order valence-corrected chi connectivity index (χ4v) is 6.24. The monoisotopic (exact) mass is 832 g/mol. The van der Waals surface area contributed by atoms with Crippen LogP contribution in [0.1, 0.15) is 0 Å². The second-order valence-electron chi connectivity index (χ2n) is 11.5. The minimum absolute atomic E-state index is 0.0466. The molecule has 0 bridgehead atoms. The van der Waals surface area contributed by atoms with Gasteiger partial charge in [0.05, 0.1) is 34.5 Å². The molecule has 6 aromatic rings. The van der Waals surface area contributed by atoms with Crippen molar-refractivity contribution in [2.75, 3.05) is 0 Å². The highest BCUT2D eigenvalue weighted by molar-refractivity contribution is 6.34. The third-order valence-electron chi connectivity index (χ3n) is 7.87. The van der Waals surface area contributed by atoms with Crippen molar-refractivity contribution in [2.45, 2.75) is 25.9 Å². The smallest absolute Gasteiger partial charge is 0.270 e. The van der Waals surface area contributed by atoms with Gasteiger partial charge in [0.15, 0.2) is 0 Å². The summed E-state index contributed by atoms with van der Waals surface area (Å²) in [7, 11) is 0. The van der Waals surface area contributed by atoms with E-state index in [4.69, 9.17) is 34.8 Å². The van der Waals surface area contributed by atoms with E-state index in [9.17, 15) is 53.5 Å². The Labute approximate surface area is 319 Å². The van der Waals surface area contributed by atoms with Gasteiger partial charge in [-0.2, -0.15) is 0 Å². The Morgan fingerprint density at radius 3 is 1.35 bits per heavy atom. The first-order valence-corrected chi connectivity index (χ1v) is 16.6. The van der Waals surface area contributed by atoms with E-state index in [1.807, 2.05) is 0 Å². The highest BCUT2D eigenvalue weighted by atomic mass is 35.5. The van der Waals surface area contributed by atoms with Crippen LogP contribution in [-0.2, 0) is 13.1 Å². The molecule has 0 N–H and O–H groups in total. The summed E-state index contributed by atoms with van der Waals surface area (Å²) in [6.07, 6.45) is -5.79. The van der Waals surface area contributed by atoms with Gasteiger partial charge >= 0.3 is 0 Å². The zero-order valence-electron chi connectivity index (χ0n) is 27.4. The van der Waals surface area contributed by atoms with Crippen LogP contribution in [0, 0.1) is 34.9 Å². The first-order chi connectivity index (χ1) is 26.0. The number of hydrogen-bond donors (Lipinski definition) is 0. The number of halogens is 13. The Morgan fingerprint density at radius 2 is 0.891 bits per heavy atom. The average Bonchev–Trinajstić information content (AvgIpc) is 3.11. The second kappa shape index (κ2) is 17.2. The van der Waals surface area contributed by atoms with E-state index >= 15 is 0 Å². The van der Waals surface area contributed by atoms with Crippen molar-refractivity contribution in [3.63, 3.8) is 0 Å². The molecule has 0 fully saturated rings. The van der Waals surface area contributed by atoms with E-state index < -0.39 is 87.0 Å². The molecule has 0 saturated carbocycles. The van der Waals surface area contributed by atoms with Gasteiger partial charge in [-0.15, -0.1) is 0 Å². The van der Waals surface area contributed by atoms with E-state index in [0.717, 1.165) is 53.1 Å². The molecule has 2 heterocycles. The molecule has 0 amide bonds. The van der Waals surface area contributed by atoms with Gasteiger partial charge in [0.1, 0.15) is 39.9 Å². The van der Waals surface area contributed by atoms with Gasteiger partial charge in [-0.05, 0) is 83.9 Å². The average molecular weight is 834 g/mol. The van der Waals surface area contributed by atoms with Gasteiger partial charge in [-0.1, -0.05) is 34.8 Å². The first kappa shape index (κ1) is 41.1. The maximum Gasteiger partial charge on any atom is 0.270 e. The number of alkyl halides is 4. The van der Waals surface area contributed by atoms with Crippen molar-refractivity contribution >= 4 is 34.8 Å². The molecule has 0 atom stereocenters. The first-order valence-electron chi connectivity index (χ1n) is 15.5. The van der Waals surface area contributed by atoms with Gasteiger partial charge < -0.3 is 9.13 Å². The molecule has 0 radical (unpaired) electrons. The minimum Gasteiger partial charge on any atom is -0.302 e. The van der Waals surface area contributed by atoms with Crippen LogP contribution in [0.25, 0.3) is 44.8 Å².